The summed E-state index contributed by atoms with van der Waals surface area (Å²) in [6, 6.07) is 11.4. The third-order valence-corrected chi connectivity index (χ3v) is 5.55. The molecule has 182 valence electrons. The van der Waals surface area contributed by atoms with Crippen LogP contribution in [-0.2, 0) is 0 Å². The van der Waals surface area contributed by atoms with Gasteiger partial charge in [-0.1, -0.05) is 12.1 Å². The van der Waals surface area contributed by atoms with Gasteiger partial charge in [0.2, 0.25) is 0 Å². The van der Waals surface area contributed by atoms with Gasteiger partial charge in [0.1, 0.15) is 34.6 Å². The predicted octanol–water partition coefficient (Wildman–Crippen LogP) is 4.11. The number of carbonyl (C=O) groups is 2. The monoisotopic (exact) mass is 484 g/mol. The molecule has 3 aromatic rings. The molecule has 0 spiro atoms. The Morgan fingerprint density at radius 3 is 2.31 bits per heavy atom. The van der Waals surface area contributed by atoms with E-state index >= 15 is 0 Å². The van der Waals surface area contributed by atoms with Gasteiger partial charge in [-0.3, -0.25) is 9.59 Å². The fourth-order valence-corrected chi connectivity index (χ4v) is 3.82. The summed E-state index contributed by atoms with van der Waals surface area (Å²) in [5.74, 6) is -3.55. The number of nitrogens with zero attached hydrogens (tertiary/aromatic N) is 3. The fourth-order valence-electron chi connectivity index (χ4n) is 3.82. The quantitative estimate of drug-likeness (QED) is 0.570. The predicted molar refractivity (Wildman–Crippen MR) is 124 cm³/mol. The molecule has 1 aromatic heterocycles. The SMILES string of the molecule is CCOc1ccccc1C(=O)Nc1ccc(N2CCN(C(=O)c3c(F)cc(F)cc3F)CC2)nc1. The van der Waals surface area contributed by atoms with Crippen LogP contribution in [0.2, 0.25) is 0 Å². The molecule has 7 nitrogen and oxygen atoms in total. The van der Waals surface area contributed by atoms with Crippen LogP contribution in [0.4, 0.5) is 24.7 Å². The first kappa shape index (κ1) is 24.1. The Balaban J connectivity index is 1.37. The van der Waals surface area contributed by atoms with Gasteiger partial charge in [0.05, 0.1) is 24.1 Å². The van der Waals surface area contributed by atoms with E-state index in [2.05, 4.69) is 10.3 Å². The molecule has 1 aliphatic rings. The van der Waals surface area contributed by atoms with E-state index in [1.54, 1.807) is 36.4 Å². The Hall–Kier alpha value is -4.08. The van der Waals surface area contributed by atoms with Crippen LogP contribution in [0, 0.1) is 17.5 Å². The molecule has 1 aliphatic heterocycles. The zero-order valence-corrected chi connectivity index (χ0v) is 18.9. The first-order valence-electron chi connectivity index (χ1n) is 11.1. The number of halogens is 3. The van der Waals surface area contributed by atoms with Crippen molar-refractivity contribution in [1.82, 2.24) is 9.88 Å². The molecule has 35 heavy (non-hydrogen) atoms. The van der Waals surface area contributed by atoms with Crippen molar-refractivity contribution in [3.05, 3.63) is 83.3 Å². The van der Waals surface area contributed by atoms with Crippen LogP contribution in [0.5, 0.6) is 5.75 Å². The van der Waals surface area contributed by atoms with Crippen molar-refractivity contribution in [3.63, 3.8) is 0 Å². The van der Waals surface area contributed by atoms with Gasteiger partial charge in [-0.15, -0.1) is 0 Å². The van der Waals surface area contributed by atoms with Gasteiger partial charge in [0.25, 0.3) is 11.8 Å². The molecule has 2 aromatic carbocycles. The summed E-state index contributed by atoms with van der Waals surface area (Å²) in [4.78, 5) is 32.8. The number of nitrogens with one attached hydrogen (secondary N) is 1. The lowest BCUT2D eigenvalue weighted by atomic mass is 10.1. The zero-order valence-electron chi connectivity index (χ0n) is 18.9. The number of hydrogen-bond donors (Lipinski definition) is 1. The summed E-state index contributed by atoms with van der Waals surface area (Å²) in [6.45, 7) is 3.47. The summed E-state index contributed by atoms with van der Waals surface area (Å²) in [5.41, 5.74) is 0.151. The van der Waals surface area contributed by atoms with Crippen LogP contribution >= 0.6 is 0 Å². The maximum Gasteiger partial charge on any atom is 0.259 e. The molecule has 1 fully saturated rings. The van der Waals surface area contributed by atoms with Crippen LogP contribution in [0.3, 0.4) is 0 Å². The number of pyridine rings is 1. The van der Waals surface area contributed by atoms with Crippen LogP contribution < -0.4 is 15.0 Å². The molecule has 2 heterocycles. The average molecular weight is 484 g/mol. The van der Waals surface area contributed by atoms with Crippen LogP contribution in [0.15, 0.2) is 54.7 Å². The number of amides is 2. The number of anilines is 2. The zero-order chi connectivity index (χ0) is 24.9. The van der Waals surface area contributed by atoms with Crippen LogP contribution in [0.25, 0.3) is 0 Å². The van der Waals surface area contributed by atoms with Crippen molar-refractivity contribution in [2.45, 2.75) is 6.92 Å². The Labute approximate surface area is 200 Å². The van der Waals surface area contributed by atoms with Gasteiger partial charge in [0.15, 0.2) is 0 Å². The van der Waals surface area contributed by atoms with Crippen LogP contribution in [-0.4, -0.2) is 54.5 Å². The minimum atomic E-state index is -1.22. The maximum atomic E-state index is 14.0. The second-order valence-corrected chi connectivity index (χ2v) is 7.81. The van der Waals surface area contributed by atoms with Crippen molar-refractivity contribution >= 4 is 23.3 Å². The van der Waals surface area contributed by atoms with Crippen molar-refractivity contribution in [2.24, 2.45) is 0 Å². The number of carbonyl (C=O) groups excluding carboxylic acids is 2. The maximum absolute atomic E-state index is 14.0. The van der Waals surface area contributed by atoms with Gasteiger partial charge < -0.3 is 19.9 Å². The normalized spacial score (nSPS) is 13.5. The smallest absolute Gasteiger partial charge is 0.259 e. The Bertz CT molecular complexity index is 1210. The van der Waals surface area contributed by atoms with Crippen molar-refractivity contribution in [3.8, 4) is 5.75 Å². The third kappa shape index (κ3) is 5.37. The molecule has 0 unspecified atom stereocenters. The summed E-state index contributed by atoms with van der Waals surface area (Å²) in [7, 11) is 0. The topological polar surface area (TPSA) is 74.8 Å². The summed E-state index contributed by atoms with van der Waals surface area (Å²) in [6.07, 6.45) is 1.53. The third-order valence-electron chi connectivity index (χ3n) is 5.55. The molecule has 0 aliphatic carbocycles. The van der Waals surface area contributed by atoms with Crippen molar-refractivity contribution in [1.29, 1.82) is 0 Å². The second-order valence-electron chi connectivity index (χ2n) is 7.81. The number of rotatable bonds is 6. The van der Waals surface area contributed by atoms with Gasteiger partial charge >= 0.3 is 0 Å². The van der Waals surface area contributed by atoms with E-state index in [1.165, 1.54) is 11.1 Å². The highest BCUT2D eigenvalue weighted by atomic mass is 19.1. The summed E-state index contributed by atoms with van der Waals surface area (Å²) < 4.78 is 46.6. The van der Waals surface area contributed by atoms with Crippen molar-refractivity contribution in [2.75, 3.05) is 43.0 Å². The number of benzene rings is 2. The lowest BCUT2D eigenvalue weighted by molar-refractivity contribution is 0.0736. The summed E-state index contributed by atoms with van der Waals surface area (Å²) in [5, 5.41) is 2.79. The van der Waals surface area contributed by atoms with E-state index in [0.717, 1.165) is 0 Å². The van der Waals surface area contributed by atoms with E-state index < -0.39 is 28.9 Å². The van der Waals surface area contributed by atoms with E-state index in [9.17, 15) is 22.8 Å². The summed E-state index contributed by atoms with van der Waals surface area (Å²) >= 11 is 0. The molecule has 1 N–H and O–H groups in total. The Morgan fingerprint density at radius 1 is 1.00 bits per heavy atom. The number of ether oxygens (including phenoxy) is 1. The molecule has 10 heteroatoms. The average Bonchev–Trinajstić information content (AvgIpc) is 2.84. The molecule has 1 saturated heterocycles. The van der Waals surface area contributed by atoms with Gasteiger partial charge in [-0.25, -0.2) is 18.2 Å². The molecule has 4 rings (SSSR count). The van der Waals surface area contributed by atoms with Gasteiger partial charge in [-0.05, 0) is 31.2 Å². The lowest BCUT2D eigenvalue weighted by Gasteiger charge is -2.35. The molecule has 0 saturated carbocycles. The molecule has 0 bridgehead atoms. The first-order valence-corrected chi connectivity index (χ1v) is 11.1. The highest BCUT2D eigenvalue weighted by molar-refractivity contribution is 6.06. The fraction of sp³-hybridized carbons (Fsp3) is 0.240. The van der Waals surface area contributed by atoms with E-state index in [0.29, 0.717) is 54.6 Å². The minimum Gasteiger partial charge on any atom is -0.493 e. The highest BCUT2D eigenvalue weighted by Gasteiger charge is 2.27. The molecule has 0 radical (unpaired) electrons. The van der Waals surface area contributed by atoms with Gasteiger partial charge in [0, 0.05) is 38.3 Å². The Morgan fingerprint density at radius 2 is 1.69 bits per heavy atom. The van der Waals surface area contributed by atoms with Crippen molar-refractivity contribution < 1.29 is 27.5 Å². The van der Waals surface area contributed by atoms with E-state index in [-0.39, 0.29) is 19.0 Å². The number of para-hydroxylation sites is 1. The van der Waals surface area contributed by atoms with Gasteiger partial charge in [-0.2, -0.15) is 0 Å². The first-order chi connectivity index (χ1) is 16.9. The molecule has 2 amide bonds. The standard InChI is InChI=1S/C25H23F3N4O3/c1-2-35-21-6-4-3-5-18(21)24(33)30-17-7-8-22(29-15-17)31-9-11-32(12-10-31)25(34)23-19(27)13-16(26)14-20(23)28/h3-8,13-15H,2,9-12H2,1H3,(H,30,33). The highest BCUT2D eigenvalue weighted by Crippen LogP contribution is 2.22. The van der Waals surface area contributed by atoms with E-state index in [1.807, 2.05) is 11.8 Å². The number of piperazine rings is 1. The van der Waals surface area contributed by atoms with Crippen LogP contribution in [0.1, 0.15) is 27.6 Å². The Kier molecular flexibility index (Phi) is 7.19. The number of aromatic nitrogens is 1. The molecule has 0 atom stereocenters. The van der Waals surface area contributed by atoms with E-state index in [4.69, 9.17) is 4.74 Å². The molecular formula is C25H23F3N4O3. The molecular weight excluding hydrogens is 461 g/mol. The number of hydrogen-bond acceptors (Lipinski definition) is 5. The minimum absolute atomic E-state index is 0.212. The largest absolute Gasteiger partial charge is 0.493 e. The lowest BCUT2D eigenvalue weighted by Crippen LogP contribution is -2.49. The second kappa shape index (κ2) is 10.5.